The van der Waals surface area contributed by atoms with Gasteiger partial charge in [-0.1, -0.05) is 0 Å². The summed E-state index contributed by atoms with van der Waals surface area (Å²) in [6.45, 7) is 1.59. The Morgan fingerprint density at radius 2 is 1.90 bits per heavy atom. The average Bonchev–Trinajstić information content (AvgIpc) is 2.49. The molecule has 1 fully saturated rings. The minimum atomic E-state index is 0.108. The van der Waals surface area contributed by atoms with Crippen molar-refractivity contribution in [3.05, 3.63) is 0 Å². The lowest BCUT2D eigenvalue weighted by Gasteiger charge is -2.34. The third-order valence-electron chi connectivity index (χ3n) is 4.36. The minimum Gasteiger partial charge on any atom is -0.396 e. The maximum atomic E-state index is 11.9. The number of nitriles is 1. The van der Waals surface area contributed by atoms with E-state index in [1.54, 1.807) is 11.9 Å². The van der Waals surface area contributed by atoms with Crippen molar-refractivity contribution in [3.63, 3.8) is 0 Å². The highest BCUT2D eigenvalue weighted by molar-refractivity contribution is 5.76. The van der Waals surface area contributed by atoms with Gasteiger partial charge in [0.1, 0.15) is 0 Å². The van der Waals surface area contributed by atoms with Gasteiger partial charge in [-0.15, -0.1) is 0 Å². The van der Waals surface area contributed by atoms with Gasteiger partial charge < -0.3 is 14.9 Å². The molecule has 1 aliphatic rings. The van der Waals surface area contributed by atoms with E-state index in [-0.39, 0.29) is 5.91 Å². The lowest BCUT2D eigenvalue weighted by Crippen LogP contribution is -2.38. The maximum absolute atomic E-state index is 11.9. The highest BCUT2D eigenvalue weighted by Crippen LogP contribution is 2.26. The van der Waals surface area contributed by atoms with Crippen LogP contribution in [0.4, 0.5) is 0 Å². The predicted molar refractivity (Wildman–Crippen MR) is 77.9 cm³/mol. The third-order valence-corrected chi connectivity index (χ3v) is 4.36. The molecule has 5 heteroatoms. The molecule has 1 N–H and O–H groups in total. The Labute approximate surface area is 122 Å². The quantitative estimate of drug-likeness (QED) is 0.762. The van der Waals surface area contributed by atoms with E-state index in [9.17, 15) is 4.79 Å². The third kappa shape index (κ3) is 5.48. The molecule has 0 spiro atoms. The molecule has 1 rings (SSSR count). The SMILES string of the molecule is CN(CCC#N)C(=O)CCN(C)C1CCC(CO)CC1. The first kappa shape index (κ1) is 16.9. The van der Waals surface area contributed by atoms with Crippen molar-refractivity contribution in [2.24, 2.45) is 5.92 Å². The van der Waals surface area contributed by atoms with Crippen molar-refractivity contribution in [1.29, 1.82) is 5.26 Å². The van der Waals surface area contributed by atoms with Crippen LogP contribution >= 0.6 is 0 Å². The molecular weight excluding hydrogens is 254 g/mol. The first-order valence-electron chi connectivity index (χ1n) is 7.50. The molecule has 0 aromatic rings. The zero-order valence-electron chi connectivity index (χ0n) is 12.7. The summed E-state index contributed by atoms with van der Waals surface area (Å²) >= 11 is 0. The molecular formula is C15H27N3O2. The summed E-state index contributed by atoms with van der Waals surface area (Å²) in [5, 5.41) is 17.7. The van der Waals surface area contributed by atoms with Gasteiger partial charge in [0.05, 0.1) is 12.5 Å². The second-order valence-corrected chi connectivity index (χ2v) is 5.81. The van der Waals surface area contributed by atoms with E-state index in [0.29, 0.717) is 38.0 Å². The van der Waals surface area contributed by atoms with Gasteiger partial charge in [0.25, 0.3) is 0 Å². The van der Waals surface area contributed by atoms with E-state index in [0.717, 1.165) is 32.2 Å². The van der Waals surface area contributed by atoms with Crippen molar-refractivity contribution in [2.45, 2.75) is 44.6 Å². The summed E-state index contributed by atoms with van der Waals surface area (Å²) in [7, 11) is 3.83. The van der Waals surface area contributed by atoms with Gasteiger partial charge in [-0.2, -0.15) is 5.26 Å². The molecule has 0 heterocycles. The summed E-state index contributed by atoms with van der Waals surface area (Å²) in [5.74, 6) is 0.578. The zero-order valence-corrected chi connectivity index (χ0v) is 12.7. The van der Waals surface area contributed by atoms with Crippen molar-refractivity contribution in [3.8, 4) is 6.07 Å². The van der Waals surface area contributed by atoms with Crippen LogP contribution in [0.5, 0.6) is 0 Å². The summed E-state index contributed by atoms with van der Waals surface area (Å²) < 4.78 is 0. The number of aliphatic hydroxyl groups is 1. The smallest absolute Gasteiger partial charge is 0.223 e. The van der Waals surface area contributed by atoms with E-state index in [2.05, 4.69) is 18.0 Å². The highest BCUT2D eigenvalue weighted by atomic mass is 16.3. The minimum absolute atomic E-state index is 0.108. The number of carbonyl (C=O) groups is 1. The number of rotatable bonds is 7. The van der Waals surface area contributed by atoms with Gasteiger partial charge in [0, 0.05) is 39.2 Å². The topological polar surface area (TPSA) is 67.6 Å². The Morgan fingerprint density at radius 1 is 1.25 bits per heavy atom. The molecule has 0 unspecified atom stereocenters. The number of aliphatic hydroxyl groups excluding tert-OH is 1. The summed E-state index contributed by atoms with van der Waals surface area (Å²) in [4.78, 5) is 15.8. The average molecular weight is 281 g/mol. The van der Waals surface area contributed by atoms with Crippen LogP contribution in [-0.2, 0) is 4.79 Å². The van der Waals surface area contributed by atoms with E-state index in [1.807, 2.05) is 0 Å². The lowest BCUT2D eigenvalue weighted by molar-refractivity contribution is -0.130. The van der Waals surface area contributed by atoms with Gasteiger partial charge in [-0.25, -0.2) is 0 Å². The molecule has 20 heavy (non-hydrogen) atoms. The second-order valence-electron chi connectivity index (χ2n) is 5.81. The fraction of sp³-hybridized carbons (Fsp3) is 0.867. The van der Waals surface area contributed by atoms with Gasteiger partial charge in [-0.3, -0.25) is 4.79 Å². The zero-order chi connectivity index (χ0) is 15.0. The Morgan fingerprint density at radius 3 is 2.45 bits per heavy atom. The molecule has 114 valence electrons. The molecule has 0 aromatic carbocycles. The first-order valence-corrected chi connectivity index (χ1v) is 7.50. The molecule has 0 bridgehead atoms. The maximum Gasteiger partial charge on any atom is 0.223 e. The molecule has 0 radical (unpaired) electrons. The van der Waals surface area contributed by atoms with Crippen LogP contribution in [-0.4, -0.2) is 60.6 Å². The normalized spacial score (nSPS) is 22.6. The van der Waals surface area contributed by atoms with E-state index >= 15 is 0 Å². The fourth-order valence-corrected chi connectivity index (χ4v) is 2.76. The van der Waals surface area contributed by atoms with Gasteiger partial charge >= 0.3 is 0 Å². The lowest BCUT2D eigenvalue weighted by atomic mass is 9.86. The van der Waals surface area contributed by atoms with Crippen LogP contribution in [0.3, 0.4) is 0 Å². The standard InChI is InChI=1S/C15H27N3O2/c1-17(14-6-4-13(12-19)5-7-14)11-8-15(20)18(2)10-3-9-16/h13-14,19H,3-8,10-12H2,1-2H3. The van der Waals surface area contributed by atoms with Crippen LogP contribution in [0.15, 0.2) is 0 Å². The Bertz CT molecular complexity index is 333. The monoisotopic (exact) mass is 281 g/mol. The molecule has 0 saturated heterocycles. The van der Waals surface area contributed by atoms with Gasteiger partial charge in [-0.05, 0) is 38.6 Å². The Kier molecular flexibility index (Phi) is 7.56. The molecule has 0 aliphatic heterocycles. The van der Waals surface area contributed by atoms with Gasteiger partial charge in [0.15, 0.2) is 0 Å². The summed E-state index contributed by atoms with van der Waals surface area (Å²) in [6, 6.07) is 2.59. The van der Waals surface area contributed by atoms with Crippen LogP contribution in [0.1, 0.15) is 38.5 Å². The van der Waals surface area contributed by atoms with E-state index in [4.69, 9.17) is 10.4 Å². The van der Waals surface area contributed by atoms with Crippen LogP contribution in [0.25, 0.3) is 0 Å². The van der Waals surface area contributed by atoms with Crippen molar-refractivity contribution >= 4 is 5.91 Å². The first-order chi connectivity index (χ1) is 9.58. The Balaban J connectivity index is 2.24. The van der Waals surface area contributed by atoms with Crippen LogP contribution in [0.2, 0.25) is 0 Å². The summed E-state index contributed by atoms with van der Waals surface area (Å²) in [6.07, 6.45) is 5.30. The van der Waals surface area contributed by atoms with Crippen LogP contribution in [0, 0.1) is 17.2 Å². The molecule has 1 amide bonds. The van der Waals surface area contributed by atoms with E-state index < -0.39 is 0 Å². The fourth-order valence-electron chi connectivity index (χ4n) is 2.76. The largest absolute Gasteiger partial charge is 0.396 e. The molecule has 1 saturated carbocycles. The molecule has 0 aromatic heterocycles. The predicted octanol–water partition coefficient (Wildman–Crippen LogP) is 1.23. The van der Waals surface area contributed by atoms with Gasteiger partial charge in [0.2, 0.25) is 5.91 Å². The molecule has 1 aliphatic carbocycles. The van der Waals surface area contributed by atoms with Crippen molar-refractivity contribution in [2.75, 3.05) is 33.8 Å². The number of nitrogens with zero attached hydrogens (tertiary/aromatic N) is 3. The number of hydrogen-bond donors (Lipinski definition) is 1. The summed E-state index contributed by atoms with van der Waals surface area (Å²) in [5.41, 5.74) is 0. The molecule has 0 atom stereocenters. The number of amides is 1. The number of hydrogen-bond acceptors (Lipinski definition) is 4. The highest BCUT2D eigenvalue weighted by Gasteiger charge is 2.23. The number of carbonyl (C=O) groups excluding carboxylic acids is 1. The van der Waals surface area contributed by atoms with Crippen LogP contribution < -0.4 is 0 Å². The second kappa shape index (κ2) is 8.93. The Hall–Kier alpha value is -1.12. The molecule has 5 nitrogen and oxygen atoms in total. The van der Waals surface area contributed by atoms with Crippen molar-refractivity contribution < 1.29 is 9.90 Å². The van der Waals surface area contributed by atoms with E-state index in [1.165, 1.54) is 0 Å². The van der Waals surface area contributed by atoms with Crippen molar-refractivity contribution in [1.82, 2.24) is 9.80 Å².